The number of fused-ring (bicyclic) bond motifs is 1. The molecule has 0 fully saturated rings. The van der Waals surface area contributed by atoms with Gasteiger partial charge in [-0.05, 0) is 36.8 Å². The first-order valence-corrected chi connectivity index (χ1v) is 8.00. The molecule has 8 heteroatoms. The lowest BCUT2D eigenvalue weighted by molar-refractivity contribution is 0.102. The van der Waals surface area contributed by atoms with Crippen molar-refractivity contribution in [3.8, 4) is 11.5 Å². The first kappa shape index (κ1) is 15.9. The average Bonchev–Trinajstić information content (AvgIpc) is 3.28. The standard InChI is InChI=1S/C18H16N4O4/c1-11-6-17(22-26-11)21-18(23)13-3-5-16(20-9-13)19-8-12-2-4-14-15(7-12)25-10-24-14/h2-7,9H,8,10H2,1H3,(H,19,20)(H,21,22,23). The Labute approximate surface area is 149 Å². The molecule has 0 unspecified atom stereocenters. The van der Waals surface area contributed by atoms with E-state index >= 15 is 0 Å². The van der Waals surface area contributed by atoms with E-state index in [1.807, 2.05) is 18.2 Å². The van der Waals surface area contributed by atoms with Gasteiger partial charge in [0.15, 0.2) is 17.3 Å². The predicted molar refractivity (Wildman–Crippen MR) is 93.3 cm³/mol. The van der Waals surface area contributed by atoms with Crippen LogP contribution in [0.15, 0.2) is 47.1 Å². The minimum Gasteiger partial charge on any atom is -0.454 e. The van der Waals surface area contributed by atoms with Crippen LogP contribution < -0.4 is 20.1 Å². The second-order valence-electron chi connectivity index (χ2n) is 5.75. The molecule has 0 aliphatic carbocycles. The molecular weight excluding hydrogens is 336 g/mol. The summed E-state index contributed by atoms with van der Waals surface area (Å²) in [7, 11) is 0. The molecule has 26 heavy (non-hydrogen) atoms. The highest BCUT2D eigenvalue weighted by Gasteiger charge is 2.13. The first-order valence-electron chi connectivity index (χ1n) is 8.00. The summed E-state index contributed by atoms with van der Waals surface area (Å²) in [5, 5.41) is 9.58. The van der Waals surface area contributed by atoms with Crippen LogP contribution in [0.1, 0.15) is 21.7 Å². The summed E-state index contributed by atoms with van der Waals surface area (Å²) in [4.78, 5) is 16.4. The number of nitrogens with one attached hydrogen (secondary N) is 2. The number of benzene rings is 1. The quantitative estimate of drug-likeness (QED) is 0.728. The molecule has 1 aromatic carbocycles. The molecule has 0 bridgehead atoms. The fourth-order valence-corrected chi connectivity index (χ4v) is 2.49. The first-order chi connectivity index (χ1) is 12.7. The van der Waals surface area contributed by atoms with Gasteiger partial charge >= 0.3 is 0 Å². The molecule has 4 rings (SSSR count). The summed E-state index contributed by atoms with van der Waals surface area (Å²) in [6, 6.07) is 10.9. The van der Waals surface area contributed by atoms with Crippen LogP contribution in [-0.4, -0.2) is 22.8 Å². The fraction of sp³-hybridized carbons (Fsp3) is 0.167. The van der Waals surface area contributed by atoms with E-state index in [-0.39, 0.29) is 12.7 Å². The van der Waals surface area contributed by atoms with Crippen LogP contribution in [-0.2, 0) is 6.54 Å². The van der Waals surface area contributed by atoms with E-state index in [2.05, 4.69) is 20.8 Å². The maximum Gasteiger partial charge on any atom is 0.258 e. The number of aromatic nitrogens is 2. The number of amides is 1. The Kier molecular flexibility index (Phi) is 4.14. The topological polar surface area (TPSA) is 98.5 Å². The highest BCUT2D eigenvalue weighted by atomic mass is 16.7. The van der Waals surface area contributed by atoms with Crippen molar-refractivity contribution in [2.45, 2.75) is 13.5 Å². The molecule has 1 aliphatic heterocycles. The summed E-state index contributed by atoms with van der Waals surface area (Å²) >= 11 is 0. The van der Waals surface area contributed by atoms with Gasteiger partial charge in [0.25, 0.3) is 5.91 Å². The summed E-state index contributed by atoms with van der Waals surface area (Å²) in [5.41, 5.74) is 1.47. The van der Waals surface area contributed by atoms with Gasteiger partial charge in [0.2, 0.25) is 6.79 Å². The highest BCUT2D eigenvalue weighted by molar-refractivity contribution is 6.03. The molecule has 8 nitrogen and oxygen atoms in total. The Balaban J connectivity index is 1.36. The zero-order valence-electron chi connectivity index (χ0n) is 14.0. The zero-order valence-corrected chi connectivity index (χ0v) is 14.0. The van der Waals surface area contributed by atoms with E-state index < -0.39 is 0 Å². The van der Waals surface area contributed by atoms with E-state index in [0.717, 1.165) is 17.1 Å². The van der Waals surface area contributed by atoms with Crippen molar-refractivity contribution >= 4 is 17.5 Å². The number of nitrogens with zero attached hydrogens (tertiary/aromatic N) is 2. The Morgan fingerprint density at radius 3 is 2.77 bits per heavy atom. The number of anilines is 2. The molecule has 1 amide bonds. The van der Waals surface area contributed by atoms with Gasteiger partial charge in [-0.2, -0.15) is 0 Å². The highest BCUT2D eigenvalue weighted by Crippen LogP contribution is 2.32. The predicted octanol–water partition coefficient (Wildman–Crippen LogP) is 2.97. The van der Waals surface area contributed by atoms with Crippen molar-refractivity contribution in [2.24, 2.45) is 0 Å². The molecule has 2 aromatic heterocycles. The number of ether oxygens (including phenoxy) is 2. The Hall–Kier alpha value is -3.55. The molecule has 0 radical (unpaired) electrons. The largest absolute Gasteiger partial charge is 0.454 e. The van der Waals surface area contributed by atoms with Crippen LogP contribution in [0.2, 0.25) is 0 Å². The van der Waals surface area contributed by atoms with E-state index in [4.69, 9.17) is 14.0 Å². The smallest absolute Gasteiger partial charge is 0.258 e. The maximum absolute atomic E-state index is 12.1. The molecule has 0 spiro atoms. The van der Waals surface area contributed by atoms with Crippen LogP contribution in [0.25, 0.3) is 0 Å². The van der Waals surface area contributed by atoms with E-state index in [0.29, 0.717) is 29.5 Å². The number of carbonyl (C=O) groups excluding carboxylic acids is 1. The average molecular weight is 352 g/mol. The van der Waals surface area contributed by atoms with Crippen molar-refractivity contribution in [1.29, 1.82) is 0 Å². The SMILES string of the molecule is Cc1cc(NC(=O)c2ccc(NCc3ccc4c(c3)OCO4)nc2)no1. The molecule has 1 aliphatic rings. The lowest BCUT2D eigenvalue weighted by Gasteiger charge is -2.07. The maximum atomic E-state index is 12.1. The van der Waals surface area contributed by atoms with Crippen molar-refractivity contribution in [3.05, 3.63) is 59.5 Å². The van der Waals surface area contributed by atoms with Gasteiger partial charge in [-0.25, -0.2) is 4.98 Å². The van der Waals surface area contributed by atoms with Crippen molar-refractivity contribution in [3.63, 3.8) is 0 Å². The summed E-state index contributed by atoms with van der Waals surface area (Å²) in [6.45, 7) is 2.59. The number of rotatable bonds is 5. The van der Waals surface area contributed by atoms with Gasteiger partial charge in [-0.3, -0.25) is 4.79 Å². The number of pyridine rings is 1. The second-order valence-corrected chi connectivity index (χ2v) is 5.75. The van der Waals surface area contributed by atoms with E-state index in [1.54, 1.807) is 25.1 Å². The summed E-state index contributed by atoms with van der Waals surface area (Å²) in [6.07, 6.45) is 1.50. The number of hydrogen-bond donors (Lipinski definition) is 2. The Morgan fingerprint density at radius 2 is 2.00 bits per heavy atom. The fourth-order valence-electron chi connectivity index (χ4n) is 2.49. The minimum atomic E-state index is -0.298. The third-order valence-electron chi connectivity index (χ3n) is 3.81. The third-order valence-corrected chi connectivity index (χ3v) is 3.81. The van der Waals surface area contributed by atoms with Gasteiger partial charge in [-0.1, -0.05) is 11.2 Å². The Morgan fingerprint density at radius 1 is 1.12 bits per heavy atom. The molecule has 3 aromatic rings. The van der Waals surface area contributed by atoms with Crippen LogP contribution in [0.3, 0.4) is 0 Å². The molecule has 0 saturated heterocycles. The van der Waals surface area contributed by atoms with E-state index in [9.17, 15) is 4.79 Å². The number of hydrogen-bond acceptors (Lipinski definition) is 7. The monoisotopic (exact) mass is 352 g/mol. The van der Waals surface area contributed by atoms with E-state index in [1.165, 1.54) is 6.20 Å². The van der Waals surface area contributed by atoms with Crippen LogP contribution in [0.4, 0.5) is 11.6 Å². The van der Waals surface area contributed by atoms with Crippen molar-refractivity contribution in [1.82, 2.24) is 10.1 Å². The number of carbonyl (C=O) groups is 1. The molecule has 2 N–H and O–H groups in total. The summed E-state index contributed by atoms with van der Waals surface area (Å²) < 4.78 is 15.6. The normalized spacial score (nSPS) is 12.0. The van der Waals surface area contributed by atoms with Gasteiger partial charge in [0.1, 0.15) is 11.6 Å². The van der Waals surface area contributed by atoms with Crippen molar-refractivity contribution in [2.75, 3.05) is 17.4 Å². The van der Waals surface area contributed by atoms with Gasteiger partial charge < -0.3 is 24.6 Å². The molecular formula is C18H16N4O4. The van der Waals surface area contributed by atoms with Crippen LogP contribution in [0, 0.1) is 6.92 Å². The molecule has 0 saturated carbocycles. The lowest BCUT2D eigenvalue weighted by atomic mass is 10.2. The Bertz CT molecular complexity index is 937. The van der Waals surface area contributed by atoms with Crippen molar-refractivity contribution < 1.29 is 18.8 Å². The molecule has 132 valence electrons. The number of aryl methyl sites for hydroxylation is 1. The molecule has 3 heterocycles. The van der Waals surface area contributed by atoms with Gasteiger partial charge in [0, 0.05) is 18.8 Å². The third kappa shape index (κ3) is 3.44. The lowest BCUT2D eigenvalue weighted by Crippen LogP contribution is -2.12. The summed E-state index contributed by atoms with van der Waals surface area (Å²) in [5.74, 6) is 2.86. The second kappa shape index (κ2) is 6.75. The van der Waals surface area contributed by atoms with Gasteiger partial charge in [-0.15, -0.1) is 0 Å². The zero-order chi connectivity index (χ0) is 17.9. The van der Waals surface area contributed by atoms with Gasteiger partial charge in [0.05, 0.1) is 5.56 Å². The minimum absolute atomic E-state index is 0.255. The van der Waals surface area contributed by atoms with Crippen LogP contribution in [0.5, 0.6) is 11.5 Å². The molecule has 0 atom stereocenters. The van der Waals surface area contributed by atoms with Crippen LogP contribution >= 0.6 is 0 Å².